The summed E-state index contributed by atoms with van der Waals surface area (Å²) in [7, 11) is 0. The van der Waals surface area contributed by atoms with Gasteiger partial charge in [0.05, 0.1) is 24.6 Å². The van der Waals surface area contributed by atoms with E-state index in [9.17, 15) is 0 Å². The fourth-order valence-corrected chi connectivity index (χ4v) is 5.70. The van der Waals surface area contributed by atoms with Crippen LogP contribution in [-0.4, -0.2) is 23.3 Å². The van der Waals surface area contributed by atoms with Crippen LogP contribution in [0.25, 0.3) is 6.08 Å². The number of rotatable bonds is 10. The summed E-state index contributed by atoms with van der Waals surface area (Å²) in [4.78, 5) is 5.50. The standard InChI is InChI=1S/C27H25NO2S2/c29-17-18-30-21-26-28-20-25(32-26)16-19-31-27(22-10-4-1-5-11-22,23-12-6-2-7-13-23)24-14-8-3-9-15-24/h1-16,19-20,29H,17-18,21H2/b19-16-. The molecule has 0 saturated carbocycles. The highest BCUT2D eigenvalue weighted by atomic mass is 32.2. The van der Waals surface area contributed by atoms with E-state index in [4.69, 9.17) is 9.84 Å². The molecular weight excluding hydrogens is 434 g/mol. The van der Waals surface area contributed by atoms with Crippen LogP contribution in [0.5, 0.6) is 0 Å². The maximum atomic E-state index is 8.87. The van der Waals surface area contributed by atoms with Crippen LogP contribution in [0, 0.1) is 0 Å². The number of benzene rings is 3. The monoisotopic (exact) mass is 459 g/mol. The molecule has 0 aliphatic carbocycles. The third-order valence-electron chi connectivity index (χ3n) is 5.05. The first-order valence-corrected chi connectivity index (χ1v) is 12.2. The fraction of sp³-hybridized carbons (Fsp3) is 0.148. The van der Waals surface area contributed by atoms with Gasteiger partial charge in [-0.2, -0.15) is 0 Å². The molecule has 4 rings (SSSR count). The number of thioether (sulfide) groups is 1. The second-order valence-corrected chi connectivity index (χ2v) is 9.40. The van der Waals surface area contributed by atoms with Crippen LogP contribution >= 0.6 is 23.1 Å². The molecule has 1 aromatic heterocycles. The van der Waals surface area contributed by atoms with Crippen LogP contribution in [0.1, 0.15) is 26.6 Å². The average Bonchev–Trinajstić information content (AvgIpc) is 3.31. The van der Waals surface area contributed by atoms with Gasteiger partial charge in [-0.3, -0.25) is 0 Å². The first-order valence-electron chi connectivity index (χ1n) is 10.5. The Morgan fingerprint density at radius 3 is 1.88 bits per heavy atom. The molecule has 1 N–H and O–H groups in total. The molecule has 0 saturated heterocycles. The van der Waals surface area contributed by atoms with Crippen LogP contribution in [0.15, 0.2) is 103 Å². The molecule has 5 heteroatoms. The topological polar surface area (TPSA) is 42.4 Å². The molecule has 162 valence electrons. The van der Waals surface area contributed by atoms with Crippen molar-refractivity contribution in [3.8, 4) is 0 Å². The lowest BCUT2D eigenvalue weighted by Gasteiger charge is -2.34. The molecule has 3 aromatic carbocycles. The van der Waals surface area contributed by atoms with Gasteiger partial charge in [0.25, 0.3) is 0 Å². The number of ether oxygens (including phenoxy) is 1. The van der Waals surface area contributed by atoms with Crippen molar-refractivity contribution in [2.45, 2.75) is 11.4 Å². The number of aromatic nitrogens is 1. The van der Waals surface area contributed by atoms with E-state index < -0.39 is 0 Å². The molecule has 3 nitrogen and oxygen atoms in total. The van der Waals surface area contributed by atoms with E-state index in [2.05, 4.69) is 107 Å². The third kappa shape index (κ3) is 5.19. The van der Waals surface area contributed by atoms with Crippen LogP contribution in [0.2, 0.25) is 0 Å². The van der Waals surface area contributed by atoms with Crippen LogP contribution in [-0.2, 0) is 16.1 Å². The number of aliphatic hydroxyl groups excluding tert-OH is 1. The molecule has 32 heavy (non-hydrogen) atoms. The minimum atomic E-state index is -0.377. The summed E-state index contributed by atoms with van der Waals surface area (Å²) in [5, 5.41) is 11.9. The largest absolute Gasteiger partial charge is 0.394 e. The fourth-order valence-electron chi connectivity index (χ4n) is 3.62. The average molecular weight is 460 g/mol. The summed E-state index contributed by atoms with van der Waals surface area (Å²) < 4.78 is 5.01. The first kappa shape index (κ1) is 22.5. The van der Waals surface area contributed by atoms with Crippen molar-refractivity contribution in [3.63, 3.8) is 0 Å². The van der Waals surface area contributed by atoms with Gasteiger partial charge in [-0.15, -0.1) is 23.1 Å². The number of thiazole rings is 1. The predicted molar refractivity (Wildman–Crippen MR) is 135 cm³/mol. The zero-order chi connectivity index (χ0) is 22.1. The van der Waals surface area contributed by atoms with E-state index in [-0.39, 0.29) is 11.4 Å². The van der Waals surface area contributed by atoms with Crippen molar-refractivity contribution in [1.29, 1.82) is 0 Å². The van der Waals surface area contributed by atoms with E-state index in [1.165, 1.54) is 16.7 Å². The van der Waals surface area contributed by atoms with E-state index in [1.54, 1.807) is 23.1 Å². The Labute approximate surface area is 197 Å². The lowest BCUT2D eigenvalue weighted by molar-refractivity contribution is 0.0814. The van der Waals surface area contributed by atoms with Gasteiger partial charge in [0.1, 0.15) is 5.01 Å². The van der Waals surface area contributed by atoms with Gasteiger partial charge < -0.3 is 9.84 Å². The molecule has 0 amide bonds. The second-order valence-electron chi connectivity index (χ2n) is 7.13. The van der Waals surface area contributed by atoms with Crippen molar-refractivity contribution in [2.75, 3.05) is 13.2 Å². The van der Waals surface area contributed by atoms with E-state index >= 15 is 0 Å². The third-order valence-corrected chi connectivity index (χ3v) is 7.32. The molecule has 1 heterocycles. The molecule has 4 aromatic rings. The van der Waals surface area contributed by atoms with Gasteiger partial charge in [-0.1, -0.05) is 91.0 Å². The molecule has 0 radical (unpaired) electrons. The van der Waals surface area contributed by atoms with E-state index in [1.807, 2.05) is 6.20 Å². The predicted octanol–water partition coefficient (Wildman–Crippen LogP) is 6.35. The smallest absolute Gasteiger partial charge is 0.119 e. The lowest BCUT2D eigenvalue weighted by Crippen LogP contribution is -2.24. The summed E-state index contributed by atoms with van der Waals surface area (Å²) >= 11 is 3.39. The maximum absolute atomic E-state index is 8.87. The molecular formula is C27H25NO2S2. The highest BCUT2D eigenvalue weighted by molar-refractivity contribution is 8.03. The SMILES string of the molecule is OCCOCc1ncc(/C=C\SC(c2ccccc2)(c2ccccc2)c2ccccc2)s1. The van der Waals surface area contributed by atoms with Gasteiger partial charge in [0.15, 0.2) is 0 Å². The summed E-state index contributed by atoms with van der Waals surface area (Å²) in [5.74, 6) is 0. The van der Waals surface area contributed by atoms with Gasteiger partial charge in [-0.25, -0.2) is 4.98 Å². The van der Waals surface area contributed by atoms with Crippen molar-refractivity contribution < 1.29 is 9.84 Å². The molecule has 0 atom stereocenters. The van der Waals surface area contributed by atoms with Crippen molar-refractivity contribution in [2.24, 2.45) is 0 Å². The Balaban J connectivity index is 1.69. The summed E-state index contributed by atoms with van der Waals surface area (Å²) in [5.41, 5.74) is 3.69. The first-order chi connectivity index (χ1) is 15.8. The minimum Gasteiger partial charge on any atom is -0.394 e. The van der Waals surface area contributed by atoms with E-state index in [0.717, 1.165) is 9.88 Å². The van der Waals surface area contributed by atoms with Crippen LogP contribution in [0.3, 0.4) is 0 Å². The number of aliphatic hydroxyl groups is 1. The number of hydrogen-bond acceptors (Lipinski definition) is 5. The van der Waals surface area contributed by atoms with Gasteiger partial charge in [-0.05, 0) is 28.2 Å². The highest BCUT2D eigenvalue weighted by Crippen LogP contribution is 2.49. The number of nitrogens with zero attached hydrogens (tertiary/aromatic N) is 1. The Bertz CT molecular complexity index is 1020. The molecule has 0 aliphatic heterocycles. The zero-order valence-electron chi connectivity index (χ0n) is 17.6. The Morgan fingerprint density at radius 1 is 0.844 bits per heavy atom. The Morgan fingerprint density at radius 2 is 1.38 bits per heavy atom. The van der Waals surface area contributed by atoms with Gasteiger partial charge in [0.2, 0.25) is 0 Å². The van der Waals surface area contributed by atoms with Crippen molar-refractivity contribution >= 4 is 29.2 Å². The molecule has 0 spiro atoms. The lowest BCUT2D eigenvalue weighted by atomic mass is 9.84. The Hall–Kier alpha value is -2.70. The van der Waals surface area contributed by atoms with Crippen LogP contribution in [0.4, 0.5) is 0 Å². The maximum Gasteiger partial charge on any atom is 0.119 e. The normalized spacial score (nSPS) is 11.8. The summed E-state index contributed by atoms with van der Waals surface area (Å²) in [6, 6.07) is 32.0. The Kier molecular flexibility index (Phi) is 7.91. The summed E-state index contributed by atoms with van der Waals surface area (Å²) in [6.45, 7) is 0.776. The molecule has 0 aliphatic rings. The molecule has 0 fully saturated rings. The highest BCUT2D eigenvalue weighted by Gasteiger charge is 2.36. The van der Waals surface area contributed by atoms with Crippen molar-refractivity contribution in [3.05, 3.63) is 129 Å². The van der Waals surface area contributed by atoms with Crippen LogP contribution < -0.4 is 0 Å². The second kappa shape index (κ2) is 11.2. The van der Waals surface area contributed by atoms with E-state index in [0.29, 0.717) is 13.2 Å². The number of hydrogen-bond donors (Lipinski definition) is 1. The minimum absolute atomic E-state index is 0.0231. The molecule has 0 bridgehead atoms. The van der Waals surface area contributed by atoms with Crippen molar-refractivity contribution in [1.82, 2.24) is 4.98 Å². The molecule has 0 unspecified atom stereocenters. The van der Waals surface area contributed by atoms with Gasteiger partial charge in [0, 0.05) is 11.1 Å². The van der Waals surface area contributed by atoms with Gasteiger partial charge >= 0.3 is 0 Å². The quantitative estimate of drug-likeness (QED) is 0.222. The zero-order valence-corrected chi connectivity index (χ0v) is 19.3. The summed E-state index contributed by atoms with van der Waals surface area (Å²) in [6.07, 6.45) is 3.98.